The van der Waals surface area contributed by atoms with Crippen molar-refractivity contribution in [3.63, 3.8) is 0 Å². The molecule has 0 bridgehead atoms. The normalized spacial score (nSPS) is 15.4. The number of carbonyl (C=O) groups excluding carboxylic acids is 2. The van der Waals surface area contributed by atoms with E-state index >= 15 is 0 Å². The van der Waals surface area contributed by atoms with E-state index < -0.39 is 0 Å². The largest absolute Gasteiger partial charge is 0.331 e. The minimum atomic E-state index is -0.231. The summed E-state index contributed by atoms with van der Waals surface area (Å²) < 4.78 is 0. The second kappa shape index (κ2) is 10.7. The minimum Gasteiger partial charge on any atom is -0.331 e. The van der Waals surface area contributed by atoms with Gasteiger partial charge in [0.2, 0.25) is 5.13 Å². The van der Waals surface area contributed by atoms with Crippen molar-refractivity contribution in [2.24, 2.45) is 0 Å². The lowest BCUT2D eigenvalue weighted by Crippen LogP contribution is -2.45. The fourth-order valence-electron chi connectivity index (χ4n) is 4.28. The molecular weight excluding hydrogens is 472 g/mol. The van der Waals surface area contributed by atoms with Gasteiger partial charge in [0.1, 0.15) is 5.01 Å². The highest BCUT2D eigenvalue weighted by molar-refractivity contribution is 7.15. The molecule has 1 aromatic carbocycles. The lowest BCUT2D eigenvalue weighted by atomic mass is 9.90. The molecule has 3 amide bonds. The lowest BCUT2D eigenvalue weighted by Gasteiger charge is -2.33. The van der Waals surface area contributed by atoms with E-state index in [0.29, 0.717) is 23.8 Å². The number of hydrogen-bond donors (Lipinski definition) is 2. The van der Waals surface area contributed by atoms with Gasteiger partial charge in [0.05, 0.1) is 17.3 Å². The molecule has 8 nitrogen and oxygen atoms in total. The van der Waals surface area contributed by atoms with Gasteiger partial charge in [0, 0.05) is 30.1 Å². The maximum atomic E-state index is 13.2. The predicted molar refractivity (Wildman–Crippen MR) is 142 cm³/mol. The minimum absolute atomic E-state index is 0.0640. The Hall–Kier alpha value is -3.33. The van der Waals surface area contributed by atoms with Gasteiger partial charge in [-0.1, -0.05) is 62.4 Å². The molecule has 1 aliphatic rings. The maximum Gasteiger partial charge on any atom is 0.317 e. The number of pyridine rings is 1. The van der Waals surface area contributed by atoms with Gasteiger partial charge in [0.15, 0.2) is 0 Å². The Balaban J connectivity index is 1.41. The maximum absolute atomic E-state index is 13.2. The second-order valence-electron chi connectivity index (χ2n) is 10.3. The summed E-state index contributed by atoms with van der Waals surface area (Å²) >= 11 is 1.39. The first-order valence-corrected chi connectivity index (χ1v) is 13.2. The van der Waals surface area contributed by atoms with Gasteiger partial charge in [-0.15, -0.1) is 10.2 Å². The number of aromatic nitrogens is 3. The Morgan fingerprint density at radius 1 is 1.06 bits per heavy atom. The third-order valence-corrected chi connectivity index (χ3v) is 7.67. The Morgan fingerprint density at radius 3 is 2.39 bits per heavy atom. The third kappa shape index (κ3) is 6.07. The quantitative estimate of drug-likeness (QED) is 0.480. The average molecular weight is 507 g/mol. The van der Waals surface area contributed by atoms with Gasteiger partial charge in [-0.2, -0.15) is 0 Å². The molecule has 2 aromatic heterocycles. The van der Waals surface area contributed by atoms with Crippen LogP contribution in [0.2, 0.25) is 0 Å². The van der Waals surface area contributed by atoms with Crippen LogP contribution in [0.25, 0.3) is 0 Å². The van der Waals surface area contributed by atoms with Crippen molar-refractivity contribution in [3.05, 3.63) is 70.0 Å². The molecule has 1 saturated heterocycles. The van der Waals surface area contributed by atoms with Gasteiger partial charge in [-0.3, -0.25) is 15.1 Å². The fourth-order valence-corrected chi connectivity index (χ4v) is 5.08. The predicted octanol–water partition coefficient (Wildman–Crippen LogP) is 5.44. The number of likely N-dealkylation sites (tertiary alicyclic amines) is 1. The van der Waals surface area contributed by atoms with E-state index in [1.807, 2.05) is 61.2 Å². The van der Waals surface area contributed by atoms with Crippen molar-refractivity contribution in [2.75, 3.05) is 18.4 Å². The summed E-state index contributed by atoms with van der Waals surface area (Å²) in [5.74, 6) is -0.133. The van der Waals surface area contributed by atoms with Crippen LogP contribution in [0, 0.1) is 6.92 Å². The number of piperidine rings is 1. The van der Waals surface area contributed by atoms with Crippen molar-refractivity contribution in [1.82, 2.24) is 25.4 Å². The van der Waals surface area contributed by atoms with Crippen LogP contribution in [0.1, 0.15) is 84.8 Å². The van der Waals surface area contributed by atoms with E-state index in [1.54, 1.807) is 0 Å². The zero-order valence-electron chi connectivity index (χ0n) is 21.5. The van der Waals surface area contributed by atoms with E-state index in [4.69, 9.17) is 4.98 Å². The molecule has 3 aromatic rings. The molecule has 0 radical (unpaired) electrons. The van der Waals surface area contributed by atoms with Gasteiger partial charge in [-0.05, 0) is 44.4 Å². The Kier molecular flexibility index (Phi) is 7.68. The molecule has 0 aliphatic carbocycles. The van der Waals surface area contributed by atoms with Crippen LogP contribution < -0.4 is 10.6 Å². The van der Waals surface area contributed by atoms with E-state index in [9.17, 15) is 9.59 Å². The molecule has 1 fully saturated rings. The van der Waals surface area contributed by atoms with Gasteiger partial charge in [-0.25, -0.2) is 4.79 Å². The molecule has 0 spiro atoms. The number of benzene rings is 1. The summed E-state index contributed by atoms with van der Waals surface area (Å²) in [5, 5.41) is 15.7. The van der Waals surface area contributed by atoms with Crippen molar-refractivity contribution in [2.45, 2.75) is 64.8 Å². The molecule has 1 atom stereocenters. The third-order valence-electron chi connectivity index (χ3n) is 6.40. The van der Waals surface area contributed by atoms with Gasteiger partial charge in [0.25, 0.3) is 5.91 Å². The van der Waals surface area contributed by atoms with Gasteiger partial charge < -0.3 is 10.2 Å². The highest BCUT2D eigenvalue weighted by atomic mass is 32.1. The van der Waals surface area contributed by atoms with Crippen molar-refractivity contribution >= 4 is 28.4 Å². The molecule has 3 heterocycles. The number of nitrogens with zero attached hydrogens (tertiary/aromatic N) is 4. The molecule has 190 valence electrons. The molecule has 1 aliphatic heterocycles. The molecule has 4 rings (SSSR count). The van der Waals surface area contributed by atoms with E-state index in [1.165, 1.54) is 11.3 Å². The molecule has 36 heavy (non-hydrogen) atoms. The highest BCUT2D eigenvalue weighted by Gasteiger charge is 2.29. The number of carbonyl (C=O) groups is 2. The monoisotopic (exact) mass is 506 g/mol. The lowest BCUT2D eigenvalue weighted by molar-refractivity contribution is 0.102. The zero-order chi connectivity index (χ0) is 25.9. The van der Waals surface area contributed by atoms with Gasteiger partial charge >= 0.3 is 6.03 Å². The van der Waals surface area contributed by atoms with E-state index in [0.717, 1.165) is 34.8 Å². The first-order valence-electron chi connectivity index (χ1n) is 12.3. The number of rotatable bonds is 5. The summed E-state index contributed by atoms with van der Waals surface area (Å²) in [5.41, 5.74) is 3.14. The van der Waals surface area contributed by atoms with Crippen LogP contribution in [0.4, 0.5) is 9.93 Å². The number of amides is 3. The molecule has 9 heteroatoms. The Bertz CT molecular complexity index is 1210. The average Bonchev–Trinajstić information content (AvgIpc) is 3.33. The van der Waals surface area contributed by atoms with Crippen LogP contribution in [-0.2, 0) is 5.41 Å². The van der Waals surface area contributed by atoms with Crippen LogP contribution in [-0.4, -0.2) is 45.1 Å². The molecule has 0 saturated carbocycles. The highest BCUT2D eigenvalue weighted by Crippen LogP contribution is 2.31. The smallest absolute Gasteiger partial charge is 0.317 e. The first kappa shape index (κ1) is 25.8. The fraction of sp³-hybridized carbons (Fsp3) is 0.444. The van der Waals surface area contributed by atoms with Crippen molar-refractivity contribution < 1.29 is 9.59 Å². The SMILES string of the molecule is Cc1ccc(C(=O)Nc2nnc(C(C)(C)C)s2)c(C2CCN(C(=O)N[C@@H](C)c3ccccc3)CC2)n1. The number of aryl methyl sites for hydroxylation is 1. The number of anilines is 1. The number of hydrogen-bond acceptors (Lipinski definition) is 6. The van der Waals surface area contributed by atoms with Crippen LogP contribution in [0.15, 0.2) is 42.5 Å². The van der Waals surface area contributed by atoms with Crippen LogP contribution in [0.5, 0.6) is 0 Å². The zero-order valence-corrected chi connectivity index (χ0v) is 22.4. The molecule has 0 unspecified atom stereocenters. The number of nitrogens with one attached hydrogen (secondary N) is 2. The van der Waals surface area contributed by atoms with E-state index in [-0.39, 0.29) is 29.3 Å². The summed E-state index contributed by atoms with van der Waals surface area (Å²) in [4.78, 5) is 32.6. The summed E-state index contributed by atoms with van der Waals surface area (Å²) in [7, 11) is 0. The Labute approximate surface area is 216 Å². The van der Waals surface area contributed by atoms with Crippen LogP contribution in [0.3, 0.4) is 0 Å². The number of urea groups is 1. The summed E-state index contributed by atoms with van der Waals surface area (Å²) in [6, 6.07) is 13.5. The van der Waals surface area contributed by atoms with Crippen molar-refractivity contribution in [3.8, 4) is 0 Å². The van der Waals surface area contributed by atoms with Crippen LogP contribution >= 0.6 is 11.3 Å². The topological polar surface area (TPSA) is 100 Å². The molecule has 2 N–H and O–H groups in total. The summed E-state index contributed by atoms with van der Waals surface area (Å²) in [6.45, 7) is 11.3. The molecular formula is C27H34N6O2S. The Morgan fingerprint density at radius 2 is 1.75 bits per heavy atom. The second-order valence-corrected chi connectivity index (χ2v) is 11.3. The standard InChI is InChI=1S/C27H34N6O2S/c1-17-11-12-21(23(34)30-25-32-31-24(36-25)27(3,4)5)22(28-17)20-13-15-33(16-14-20)26(35)29-18(2)19-9-7-6-8-10-19/h6-12,18,20H,13-16H2,1-5H3,(H,29,35)(H,30,32,34)/t18-/m0/s1. The summed E-state index contributed by atoms with van der Waals surface area (Å²) in [6.07, 6.45) is 1.49. The van der Waals surface area contributed by atoms with E-state index in [2.05, 4.69) is 41.6 Å². The first-order chi connectivity index (χ1) is 17.1. The van der Waals surface area contributed by atoms with Crippen molar-refractivity contribution in [1.29, 1.82) is 0 Å².